The summed E-state index contributed by atoms with van der Waals surface area (Å²) in [6.07, 6.45) is 3.32. The number of carbonyl (C=O) groups is 1. The maximum atomic E-state index is 13.2. The molecular weight excluding hydrogens is 410 g/mol. The second-order valence-electron chi connectivity index (χ2n) is 7.05. The van der Waals surface area contributed by atoms with Crippen LogP contribution in [0.1, 0.15) is 19.3 Å². The average Bonchev–Trinajstić information content (AvgIpc) is 3.24. The van der Waals surface area contributed by atoms with Crippen molar-refractivity contribution in [3.8, 4) is 0 Å². The smallest absolute Gasteiger partial charge is 0.264 e. The van der Waals surface area contributed by atoms with Crippen LogP contribution in [0.4, 0.5) is 5.69 Å². The highest BCUT2D eigenvalue weighted by molar-refractivity contribution is 7.92. The van der Waals surface area contributed by atoms with Crippen LogP contribution in [0, 0.1) is 0 Å². The molecule has 0 spiro atoms. The summed E-state index contributed by atoms with van der Waals surface area (Å²) in [6.45, 7) is 3.42. The van der Waals surface area contributed by atoms with Gasteiger partial charge in [0.15, 0.2) is 0 Å². The number of hydrogen-bond donors (Lipinski definition) is 1. The minimum Gasteiger partial charge on any atom is -0.354 e. The van der Waals surface area contributed by atoms with Gasteiger partial charge >= 0.3 is 0 Å². The van der Waals surface area contributed by atoms with E-state index in [1.165, 1.54) is 25.0 Å². The molecule has 1 N–H and O–H groups in total. The Kier molecular flexibility index (Phi) is 7.52. The Bertz CT molecular complexity index is 899. The fourth-order valence-electron chi connectivity index (χ4n) is 3.37. The van der Waals surface area contributed by atoms with Crippen molar-refractivity contribution in [2.24, 2.45) is 0 Å². The number of nitrogens with one attached hydrogen (secondary N) is 1. The van der Waals surface area contributed by atoms with E-state index < -0.39 is 10.0 Å². The van der Waals surface area contributed by atoms with E-state index in [1.807, 2.05) is 0 Å². The van der Waals surface area contributed by atoms with Crippen LogP contribution in [0.15, 0.2) is 59.5 Å². The van der Waals surface area contributed by atoms with Crippen molar-refractivity contribution in [2.75, 3.05) is 37.0 Å². The molecule has 0 bridgehead atoms. The van der Waals surface area contributed by atoms with Gasteiger partial charge in [0, 0.05) is 11.6 Å². The molecule has 0 aromatic heterocycles. The summed E-state index contributed by atoms with van der Waals surface area (Å²) in [5, 5.41) is 3.34. The van der Waals surface area contributed by atoms with Crippen LogP contribution < -0.4 is 9.62 Å². The summed E-state index contributed by atoms with van der Waals surface area (Å²) in [5.41, 5.74) is 0.394. The lowest BCUT2D eigenvalue weighted by Crippen LogP contribution is -2.41. The lowest BCUT2D eigenvalue weighted by atomic mass is 10.3. The molecule has 2 aromatic carbocycles. The first-order chi connectivity index (χ1) is 14.0. The van der Waals surface area contributed by atoms with Crippen LogP contribution in [-0.4, -0.2) is 51.9 Å². The van der Waals surface area contributed by atoms with Gasteiger partial charge in [-0.1, -0.05) is 29.8 Å². The number of anilines is 1. The molecule has 1 amide bonds. The van der Waals surface area contributed by atoms with E-state index in [1.54, 1.807) is 42.5 Å². The zero-order valence-corrected chi connectivity index (χ0v) is 17.8. The van der Waals surface area contributed by atoms with Crippen LogP contribution in [-0.2, 0) is 14.8 Å². The number of amides is 1. The zero-order valence-electron chi connectivity index (χ0n) is 16.3. The molecule has 0 unspecified atom stereocenters. The molecule has 1 saturated heterocycles. The normalized spacial score (nSPS) is 14.7. The molecule has 8 heteroatoms. The monoisotopic (exact) mass is 435 g/mol. The third-order valence-corrected chi connectivity index (χ3v) is 6.95. The fraction of sp³-hybridized carbons (Fsp3) is 0.381. The maximum absolute atomic E-state index is 13.2. The molecule has 1 fully saturated rings. The summed E-state index contributed by atoms with van der Waals surface area (Å²) in [4.78, 5) is 15.0. The van der Waals surface area contributed by atoms with Gasteiger partial charge in [0.25, 0.3) is 10.0 Å². The number of nitrogens with zero attached hydrogens (tertiary/aromatic N) is 2. The first-order valence-corrected chi connectivity index (χ1v) is 11.6. The van der Waals surface area contributed by atoms with Gasteiger partial charge in [-0.05, 0) is 75.3 Å². The maximum Gasteiger partial charge on any atom is 0.264 e. The molecule has 1 aliphatic heterocycles. The standard InChI is InChI=1S/C21H26ClN3O3S/c22-18-9-11-19(12-10-18)25(29(27,28)20-7-2-1-3-8-20)17-21(26)23-13-6-16-24-14-4-5-15-24/h1-3,7-12H,4-6,13-17H2,(H,23,26). The third-order valence-electron chi connectivity index (χ3n) is 4.90. The first-order valence-electron chi connectivity index (χ1n) is 9.79. The Morgan fingerprint density at radius 3 is 2.34 bits per heavy atom. The summed E-state index contributed by atoms with van der Waals surface area (Å²) < 4.78 is 27.4. The fourth-order valence-corrected chi connectivity index (χ4v) is 4.93. The van der Waals surface area contributed by atoms with E-state index in [0.717, 1.165) is 30.4 Å². The van der Waals surface area contributed by atoms with Gasteiger partial charge in [-0.2, -0.15) is 0 Å². The Labute approximate surface area is 177 Å². The van der Waals surface area contributed by atoms with Crippen molar-refractivity contribution < 1.29 is 13.2 Å². The van der Waals surface area contributed by atoms with Crippen molar-refractivity contribution >= 4 is 33.2 Å². The van der Waals surface area contributed by atoms with Gasteiger partial charge in [-0.25, -0.2) is 8.42 Å². The van der Waals surface area contributed by atoms with Gasteiger partial charge in [0.1, 0.15) is 6.54 Å². The van der Waals surface area contributed by atoms with Gasteiger partial charge in [-0.3, -0.25) is 9.10 Å². The minimum atomic E-state index is -3.88. The summed E-state index contributed by atoms with van der Waals surface area (Å²) in [6, 6.07) is 14.5. The summed E-state index contributed by atoms with van der Waals surface area (Å²) >= 11 is 5.94. The largest absolute Gasteiger partial charge is 0.354 e. The molecule has 1 heterocycles. The highest BCUT2D eigenvalue weighted by atomic mass is 35.5. The van der Waals surface area contributed by atoms with Crippen LogP contribution in [0.2, 0.25) is 5.02 Å². The molecule has 0 atom stereocenters. The van der Waals surface area contributed by atoms with Gasteiger partial charge in [0.05, 0.1) is 10.6 Å². The van der Waals surface area contributed by atoms with Crippen LogP contribution in [0.5, 0.6) is 0 Å². The second kappa shape index (κ2) is 10.1. The Morgan fingerprint density at radius 1 is 1.03 bits per heavy atom. The predicted octanol–water partition coefficient (Wildman–Crippen LogP) is 3.14. The van der Waals surface area contributed by atoms with Crippen molar-refractivity contribution in [3.63, 3.8) is 0 Å². The van der Waals surface area contributed by atoms with Gasteiger partial charge in [0.2, 0.25) is 5.91 Å². The number of carbonyl (C=O) groups excluding carboxylic acids is 1. The minimum absolute atomic E-state index is 0.136. The quantitative estimate of drug-likeness (QED) is 0.614. The SMILES string of the molecule is O=C(CN(c1ccc(Cl)cc1)S(=O)(=O)c1ccccc1)NCCCN1CCCC1. The number of benzene rings is 2. The van der Waals surface area contributed by atoms with E-state index in [0.29, 0.717) is 17.3 Å². The van der Waals surface area contributed by atoms with E-state index in [2.05, 4.69) is 10.2 Å². The van der Waals surface area contributed by atoms with Crippen molar-refractivity contribution in [2.45, 2.75) is 24.2 Å². The molecule has 0 radical (unpaired) electrons. The number of halogens is 1. The number of sulfonamides is 1. The van der Waals surface area contributed by atoms with Crippen LogP contribution >= 0.6 is 11.6 Å². The Balaban J connectivity index is 1.68. The molecule has 156 valence electrons. The second-order valence-corrected chi connectivity index (χ2v) is 9.35. The van der Waals surface area contributed by atoms with E-state index in [4.69, 9.17) is 11.6 Å². The van der Waals surface area contributed by atoms with Crippen LogP contribution in [0.3, 0.4) is 0 Å². The molecule has 1 aliphatic rings. The van der Waals surface area contributed by atoms with Gasteiger partial charge < -0.3 is 10.2 Å². The molecular formula is C21H26ClN3O3S. The molecule has 2 aromatic rings. The number of hydrogen-bond acceptors (Lipinski definition) is 4. The molecule has 0 saturated carbocycles. The average molecular weight is 436 g/mol. The third kappa shape index (κ3) is 5.95. The molecule has 0 aliphatic carbocycles. The van der Waals surface area contributed by atoms with E-state index in [9.17, 15) is 13.2 Å². The molecule has 6 nitrogen and oxygen atoms in total. The highest BCUT2D eigenvalue weighted by Crippen LogP contribution is 2.25. The predicted molar refractivity (Wildman–Crippen MR) is 116 cm³/mol. The lowest BCUT2D eigenvalue weighted by Gasteiger charge is -2.24. The molecule has 3 rings (SSSR count). The summed E-state index contributed by atoms with van der Waals surface area (Å²) in [7, 11) is -3.88. The van der Waals surface area contributed by atoms with Crippen molar-refractivity contribution in [1.82, 2.24) is 10.2 Å². The lowest BCUT2D eigenvalue weighted by molar-refractivity contribution is -0.119. The van der Waals surface area contributed by atoms with E-state index >= 15 is 0 Å². The number of rotatable bonds is 9. The van der Waals surface area contributed by atoms with Crippen molar-refractivity contribution in [3.05, 3.63) is 59.6 Å². The van der Waals surface area contributed by atoms with E-state index in [-0.39, 0.29) is 17.3 Å². The topological polar surface area (TPSA) is 69.7 Å². The van der Waals surface area contributed by atoms with Crippen LogP contribution in [0.25, 0.3) is 0 Å². The zero-order chi connectivity index (χ0) is 20.7. The number of likely N-dealkylation sites (tertiary alicyclic amines) is 1. The highest BCUT2D eigenvalue weighted by Gasteiger charge is 2.27. The Morgan fingerprint density at radius 2 is 1.69 bits per heavy atom. The van der Waals surface area contributed by atoms with Gasteiger partial charge in [-0.15, -0.1) is 0 Å². The Hall–Kier alpha value is -2.09. The molecule has 29 heavy (non-hydrogen) atoms. The van der Waals surface area contributed by atoms with Crippen molar-refractivity contribution in [1.29, 1.82) is 0 Å². The summed E-state index contributed by atoms with van der Waals surface area (Å²) in [5.74, 6) is -0.333. The first kappa shape index (κ1) is 21.6.